The third-order valence-corrected chi connectivity index (χ3v) is 5.64. The van der Waals surface area contributed by atoms with E-state index < -0.39 is 10.2 Å². The van der Waals surface area contributed by atoms with Crippen molar-refractivity contribution in [2.45, 2.75) is 59.4 Å². The molecule has 0 amide bonds. The molecule has 0 radical (unpaired) electrons. The lowest BCUT2D eigenvalue weighted by Crippen LogP contribution is -2.49. The van der Waals surface area contributed by atoms with Crippen molar-refractivity contribution in [1.82, 2.24) is 9.03 Å². The molecule has 0 aromatic carbocycles. The summed E-state index contributed by atoms with van der Waals surface area (Å²) in [6.45, 7) is 10.0. The van der Waals surface area contributed by atoms with Gasteiger partial charge in [0, 0.05) is 25.7 Å². The maximum Gasteiger partial charge on any atom is 0.279 e. The van der Waals surface area contributed by atoms with Crippen molar-refractivity contribution in [3.8, 4) is 0 Å². The van der Waals surface area contributed by atoms with E-state index in [2.05, 4.69) is 32.4 Å². The lowest BCUT2D eigenvalue weighted by Gasteiger charge is -2.26. The third-order valence-electron chi connectivity index (χ3n) is 4.00. The van der Waals surface area contributed by atoms with Crippen molar-refractivity contribution >= 4 is 10.2 Å². The van der Waals surface area contributed by atoms with Gasteiger partial charge in [-0.3, -0.25) is 0 Å². The molecule has 21 heavy (non-hydrogen) atoms. The van der Waals surface area contributed by atoms with Crippen LogP contribution in [0, 0.1) is 17.8 Å². The van der Waals surface area contributed by atoms with Gasteiger partial charge < -0.3 is 5.73 Å². The first-order chi connectivity index (χ1) is 9.76. The molecule has 0 spiro atoms. The van der Waals surface area contributed by atoms with Crippen LogP contribution in [0.4, 0.5) is 0 Å². The van der Waals surface area contributed by atoms with E-state index in [0.29, 0.717) is 37.4 Å². The van der Waals surface area contributed by atoms with Gasteiger partial charge in [-0.1, -0.05) is 27.7 Å². The lowest BCUT2D eigenvalue weighted by atomic mass is 10.1. The highest BCUT2D eigenvalue weighted by atomic mass is 32.2. The Morgan fingerprint density at radius 3 is 1.90 bits per heavy atom. The second-order valence-corrected chi connectivity index (χ2v) is 8.77. The molecular formula is C15H33N3O2S. The first kappa shape index (κ1) is 18.9. The molecule has 1 aliphatic rings. The first-order valence-electron chi connectivity index (χ1n) is 8.23. The maximum atomic E-state index is 12.6. The van der Waals surface area contributed by atoms with Crippen molar-refractivity contribution < 1.29 is 8.42 Å². The van der Waals surface area contributed by atoms with Crippen LogP contribution in [0.1, 0.15) is 53.4 Å². The monoisotopic (exact) mass is 319 g/mol. The van der Waals surface area contributed by atoms with Crippen molar-refractivity contribution in [3.05, 3.63) is 0 Å². The number of nitrogens with two attached hydrogens (primary N) is 1. The minimum absolute atomic E-state index is 0.101. The summed E-state index contributed by atoms with van der Waals surface area (Å²) < 4.78 is 29.7. The van der Waals surface area contributed by atoms with Crippen LogP contribution in [-0.2, 0) is 10.2 Å². The van der Waals surface area contributed by atoms with Crippen LogP contribution < -0.4 is 10.5 Å². The quantitative estimate of drug-likeness (QED) is 0.611. The molecule has 5 nitrogen and oxygen atoms in total. The molecule has 0 aromatic heterocycles. The normalized spacial score (nSPS) is 17.9. The fraction of sp³-hybridized carbons (Fsp3) is 1.00. The molecule has 1 fully saturated rings. The van der Waals surface area contributed by atoms with E-state index in [-0.39, 0.29) is 6.04 Å². The summed E-state index contributed by atoms with van der Waals surface area (Å²) in [6.07, 6.45) is 3.94. The average Bonchev–Trinajstić information content (AvgIpc) is 3.19. The van der Waals surface area contributed by atoms with Crippen molar-refractivity contribution in [2.24, 2.45) is 23.5 Å². The van der Waals surface area contributed by atoms with Crippen LogP contribution in [0.3, 0.4) is 0 Å². The van der Waals surface area contributed by atoms with Crippen molar-refractivity contribution in [1.29, 1.82) is 0 Å². The summed E-state index contributed by atoms with van der Waals surface area (Å²) in [4.78, 5) is 0. The molecule has 1 aliphatic carbocycles. The molecule has 3 N–H and O–H groups in total. The Morgan fingerprint density at radius 1 is 1.10 bits per heavy atom. The van der Waals surface area contributed by atoms with E-state index in [1.54, 1.807) is 4.31 Å². The zero-order chi connectivity index (χ0) is 16.0. The van der Waals surface area contributed by atoms with Crippen LogP contribution >= 0.6 is 0 Å². The van der Waals surface area contributed by atoms with Crippen molar-refractivity contribution in [3.63, 3.8) is 0 Å². The number of hydrogen-bond acceptors (Lipinski definition) is 3. The largest absolute Gasteiger partial charge is 0.329 e. The molecule has 1 saturated carbocycles. The average molecular weight is 320 g/mol. The van der Waals surface area contributed by atoms with E-state index >= 15 is 0 Å². The summed E-state index contributed by atoms with van der Waals surface area (Å²) in [5.74, 6) is 1.42. The van der Waals surface area contributed by atoms with Crippen LogP contribution in [0.15, 0.2) is 0 Å². The summed E-state index contributed by atoms with van der Waals surface area (Å²) in [6, 6.07) is -0.101. The van der Waals surface area contributed by atoms with Crippen molar-refractivity contribution in [2.75, 3.05) is 19.6 Å². The van der Waals surface area contributed by atoms with Gasteiger partial charge in [0.05, 0.1) is 0 Å². The second kappa shape index (κ2) is 8.46. The van der Waals surface area contributed by atoms with Gasteiger partial charge in [0.2, 0.25) is 0 Å². The number of nitrogens with one attached hydrogen (secondary N) is 1. The number of rotatable bonds is 11. The second-order valence-electron chi connectivity index (χ2n) is 7.07. The molecule has 0 aliphatic heterocycles. The highest BCUT2D eigenvalue weighted by Crippen LogP contribution is 2.32. The molecule has 1 rings (SSSR count). The van der Waals surface area contributed by atoms with E-state index in [9.17, 15) is 8.42 Å². The van der Waals surface area contributed by atoms with Gasteiger partial charge in [0.1, 0.15) is 0 Å². The number of hydrogen-bond donors (Lipinski definition) is 2. The molecular weight excluding hydrogens is 286 g/mol. The molecule has 0 aromatic rings. The van der Waals surface area contributed by atoms with Gasteiger partial charge in [0.25, 0.3) is 10.2 Å². The lowest BCUT2D eigenvalue weighted by molar-refractivity contribution is 0.347. The fourth-order valence-corrected chi connectivity index (χ4v) is 3.77. The SMILES string of the molecule is CC(C)CCN(CCC(C)C)S(=O)(=O)NC(CN)C1CC1. The van der Waals surface area contributed by atoms with E-state index in [1.165, 1.54) is 0 Å². The van der Waals surface area contributed by atoms with Gasteiger partial charge >= 0.3 is 0 Å². The van der Waals surface area contributed by atoms with E-state index in [1.807, 2.05) is 0 Å². The van der Waals surface area contributed by atoms with Crippen LogP contribution in [0.2, 0.25) is 0 Å². The first-order valence-corrected chi connectivity index (χ1v) is 9.67. The Bertz CT molecular complexity index is 380. The smallest absolute Gasteiger partial charge is 0.279 e. The van der Waals surface area contributed by atoms with E-state index in [0.717, 1.165) is 25.7 Å². The standard InChI is InChI=1S/C15H33N3O2S/c1-12(2)7-9-18(10-8-13(3)4)21(19,20)17-15(11-16)14-5-6-14/h12-15,17H,5-11,16H2,1-4H3. The van der Waals surface area contributed by atoms with Crippen LogP contribution in [-0.4, -0.2) is 38.4 Å². The van der Waals surface area contributed by atoms with Gasteiger partial charge in [-0.15, -0.1) is 0 Å². The number of nitrogens with zero attached hydrogens (tertiary/aromatic N) is 1. The van der Waals surface area contributed by atoms with Gasteiger partial charge in [-0.25, -0.2) is 0 Å². The molecule has 1 unspecified atom stereocenters. The molecule has 1 atom stereocenters. The predicted octanol–water partition coefficient (Wildman–Crippen LogP) is 1.95. The summed E-state index contributed by atoms with van der Waals surface area (Å²) in [5.41, 5.74) is 5.72. The van der Waals surface area contributed by atoms with Gasteiger partial charge in [-0.2, -0.15) is 17.4 Å². The highest BCUT2D eigenvalue weighted by molar-refractivity contribution is 7.87. The summed E-state index contributed by atoms with van der Waals surface area (Å²) >= 11 is 0. The zero-order valence-electron chi connectivity index (χ0n) is 14.0. The third kappa shape index (κ3) is 7.08. The predicted molar refractivity (Wildman–Crippen MR) is 88.1 cm³/mol. The molecule has 0 bridgehead atoms. The Hall–Kier alpha value is -0.170. The van der Waals surface area contributed by atoms with Crippen LogP contribution in [0.5, 0.6) is 0 Å². The maximum absolute atomic E-state index is 12.6. The topological polar surface area (TPSA) is 75.4 Å². The van der Waals surface area contributed by atoms with E-state index in [4.69, 9.17) is 5.73 Å². The minimum Gasteiger partial charge on any atom is -0.329 e. The molecule has 6 heteroatoms. The highest BCUT2D eigenvalue weighted by Gasteiger charge is 2.34. The van der Waals surface area contributed by atoms with Gasteiger partial charge in [0.15, 0.2) is 0 Å². The Labute approximate surface area is 130 Å². The minimum atomic E-state index is -3.43. The summed E-state index contributed by atoms with van der Waals surface area (Å²) in [5, 5.41) is 0. The molecule has 0 heterocycles. The molecule has 126 valence electrons. The Morgan fingerprint density at radius 2 is 1.57 bits per heavy atom. The Balaban J connectivity index is 2.67. The van der Waals surface area contributed by atoms with Gasteiger partial charge in [-0.05, 0) is 43.4 Å². The fourth-order valence-electron chi connectivity index (χ4n) is 2.26. The zero-order valence-corrected chi connectivity index (χ0v) is 14.8. The van der Waals surface area contributed by atoms with Crippen LogP contribution in [0.25, 0.3) is 0 Å². The summed E-state index contributed by atoms with van der Waals surface area (Å²) in [7, 11) is -3.43. The Kier molecular flexibility index (Phi) is 7.60. The molecule has 0 saturated heterocycles.